The van der Waals surface area contributed by atoms with Gasteiger partial charge in [0.1, 0.15) is 17.3 Å². The van der Waals surface area contributed by atoms with Gasteiger partial charge < -0.3 is 36.3 Å². The molecule has 6 aromatic rings. The summed E-state index contributed by atoms with van der Waals surface area (Å²) in [6.45, 7) is 0.530. The Morgan fingerprint density at radius 3 is 1.54 bits per heavy atom. The van der Waals surface area contributed by atoms with Crippen LogP contribution in [0, 0.1) is 11.8 Å². The van der Waals surface area contributed by atoms with Gasteiger partial charge in [-0.2, -0.15) is 5.10 Å². The third kappa shape index (κ3) is 12.6. The molecule has 2 atom stereocenters. The highest BCUT2D eigenvalue weighted by molar-refractivity contribution is 5.97. The van der Waals surface area contributed by atoms with Gasteiger partial charge in [-0.15, -0.1) is 31.4 Å². The van der Waals surface area contributed by atoms with Crippen LogP contribution in [0.5, 0.6) is 11.5 Å². The van der Waals surface area contributed by atoms with Gasteiger partial charge in [0, 0.05) is 49.2 Å². The second-order valence-electron chi connectivity index (χ2n) is 13.8. The van der Waals surface area contributed by atoms with E-state index in [1.165, 1.54) is 41.1 Å². The molecule has 0 radical (unpaired) electrons. The average Bonchev–Trinajstić information content (AvgIpc) is 4.05. The van der Waals surface area contributed by atoms with Gasteiger partial charge in [0.2, 0.25) is 17.7 Å². The number of nitrogens with zero attached hydrogens (tertiary/aromatic N) is 4. The monoisotopic (exact) mass is 878 g/mol. The summed E-state index contributed by atoms with van der Waals surface area (Å²) in [6, 6.07) is 32.5. The number of nitrogen functional groups attached to an aromatic ring is 1. The second kappa shape index (κ2) is 19.3. The summed E-state index contributed by atoms with van der Waals surface area (Å²) in [7, 11) is 0. The van der Waals surface area contributed by atoms with E-state index in [0.717, 1.165) is 5.69 Å². The number of carbonyl (C=O) groups excluding carboxylic acids is 3. The molecule has 4 heterocycles. The Hall–Kier alpha value is -7.84. The van der Waals surface area contributed by atoms with E-state index in [1.807, 2.05) is 36.4 Å². The van der Waals surface area contributed by atoms with Crippen molar-refractivity contribution in [2.75, 3.05) is 24.1 Å². The average molecular weight is 879 g/mol. The predicted molar refractivity (Wildman–Crippen MR) is 214 cm³/mol. The molecule has 6 N–H and O–H groups in total. The lowest BCUT2D eigenvalue weighted by Gasteiger charge is -2.11. The summed E-state index contributed by atoms with van der Waals surface area (Å²) < 4.78 is 86.0. The van der Waals surface area contributed by atoms with Crippen LogP contribution in [-0.4, -0.2) is 74.2 Å². The van der Waals surface area contributed by atoms with Crippen molar-refractivity contribution < 1.29 is 60.1 Å². The van der Waals surface area contributed by atoms with Crippen molar-refractivity contribution in [3.63, 3.8) is 0 Å². The number of amides is 3. The number of nitrogens with two attached hydrogens (primary N) is 1. The number of carboxylic acids is 1. The van der Waals surface area contributed by atoms with Crippen molar-refractivity contribution in [2.45, 2.75) is 25.6 Å². The van der Waals surface area contributed by atoms with Gasteiger partial charge >= 0.3 is 18.7 Å². The summed E-state index contributed by atoms with van der Waals surface area (Å²) in [5, 5.41) is 24.7. The van der Waals surface area contributed by atoms with Gasteiger partial charge in [0.15, 0.2) is 5.82 Å². The third-order valence-electron chi connectivity index (χ3n) is 9.09. The van der Waals surface area contributed by atoms with Crippen LogP contribution in [-0.2, 0) is 19.2 Å². The topological polar surface area (TPSA) is 205 Å². The Morgan fingerprint density at radius 2 is 1.11 bits per heavy atom. The Bertz CT molecular complexity index is 2570. The van der Waals surface area contributed by atoms with Crippen molar-refractivity contribution in [3.8, 4) is 45.4 Å². The number of anilines is 2. The van der Waals surface area contributed by atoms with E-state index in [2.05, 4.69) is 35.6 Å². The zero-order valence-electron chi connectivity index (χ0n) is 32.6. The van der Waals surface area contributed by atoms with Crippen molar-refractivity contribution in [1.29, 1.82) is 0 Å². The minimum atomic E-state index is -4.82. The number of benzene rings is 4. The van der Waals surface area contributed by atoms with Crippen molar-refractivity contribution in [2.24, 2.45) is 11.8 Å². The van der Waals surface area contributed by atoms with Crippen LogP contribution in [0.2, 0.25) is 0 Å². The predicted octanol–water partition coefficient (Wildman–Crippen LogP) is 6.74. The number of aromatic nitrogens is 4. The van der Waals surface area contributed by atoms with Gasteiger partial charge in [0.25, 0.3) is 0 Å². The number of aliphatic carboxylic acids is 1. The number of nitrogens with one attached hydrogen (secondary N) is 3. The van der Waals surface area contributed by atoms with Crippen LogP contribution in [0.3, 0.4) is 0 Å². The lowest BCUT2D eigenvalue weighted by molar-refractivity contribution is -0.275. The molecule has 2 aliphatic heterocycles. The summed E-state index contributed by atoms with van der Waals surface area (Å²) in [6.07, 6.45) is -9.33. The van der Waals surface area contributed by atoms with Crippen LogP contribution in [0.4, 0.5) is 38.0 Å². The molecule has 2 aliphatic rings. The molecule has 0 spiro atoms. The summed E-state index contributed by atoms with van der Waals surface area (Å²) in [5.41, 5.74) is 9.10. The zero-order valence-corrected chi connectivity index (χ0v) is 32.6. The van der Waals surface area contributed by atoms with E-state index in [-0.39, 0.29) is 66.8 Å². The first-order valence-electron chi connectivity index (χ1n) is 18.8. The fourth-order valence-electron chi connectivity index (χ4n) is 6.29. The van der Waals surface area contributed by atoms with Gasteiger partial charge in [-0.05, 0) is 48.5 Å². The number of carbonyl (C=O) groups is 4. The van der Waals surface area contributed by atoms with Gasteiger partial charge in [0.05, 0.1) is 34.6 Å². The van der Waals surface area contributed by atoms with E-state index >= 15 is 0 Å². The number of ether oxygens (including phenoxy) is 2. The molecule has 8 rings (SSSR count). The maximum atomic E-state index is 12.6. The lowest BCUT2D eigenvalue weighted by Crippen LogP contribution is -2.24. The molecule has 2 fully saturated rings. The number of halogens is 6. The first kappa shape index (κ1) is 44.7. The number of rotatable bonds is 9. The fourth-order valence-corrected chi connectivity index (χ4v) is 6.29. The fraction of sp³-hybridized carbons (Fsp3) is 0.190. The van der Waals surface area contributed by atoms with Crippen molar-refractivity contribution >= 4 is 35.3 Å². The van der Waals surface area contributed by atoms with E-state index in [0.29, 0.717) is 28.2 Å². The molecule has 3 amide bonds. The first-order chi connectivity index (χ1) is 29.9. The lowest BCUT2D eigenvalue weighted by atomic mass is 10.1. The van der Waals surface area contributed by atoms with Gasteiger partial charge in [-0.1, -0.05) is 60.7 Å². The number of alkyl halides is 6. The van der Waals surface area contributed by atoms with Crippen LogP contribution in [0.1, 0.15) is 12.8 Å². The van der Waals surface area contributed by atoms with Crippen molar-refractivity contribution in [1.82, 2.24) is 30.2 Å². The smallest absolute Gasteiger partial charge is 0.481 e. The van der Waals surface area contributed by atoms with Crippen LogP contribution in [0.25, 0.3) is 33.9 Å². The van der Waals surface area contributed by atoms with Crippen molar-refractivity contribution in [3.05, 3.63) is 121 Å². The molecule has 15 nitrogen and oxygen atoms in total. The molecule has 21 heteroatoms. The SMILES string of the molecule is Nc1cc(-c2cccc(OC(F)(F)F)c2)n(-c2ccccc2)n1.O=C1C[C@@H](C(=O)Nc2cc(-c3cccc(OC(F)(F)F)c3)n(-c3ccccc3)n2)CN1.O=C1C[C@@H](C(=O)O)CN1. The molecule has 4 aromatic carbocycles. The largest absolute Gasteiger partial charge is 0.573 e. The Labute approximate surface area is 353 Å². The molecule has 2 saturated heterocycles. The third-order valence-corrected chi connectivity index (χ3v) is 9.09. The minimum absolute atomic E-state index is 0.0922. The van der Waals surface area contributed by atoms with Gasteiger partial charge in [-0.3, -0.25) is 19.2 Å². The number of carboxylic acid groups (broad SMARTS) is 1. The Morgan fingerprint density at radius 1 is 0.651 bits per heavy atom. The minimum Gasteiger partial charge on any atom is -0.481 e. The molecule has 0 bridgehead atoms. The molecule has 2 aromatic heterocycles. The highest BCUT2D eigenvalue weighted by atomic mass is 19.4. The van der Waals surface area contributed by atoms with Crippen LogP contribution in [0.15, 0.2) is 121 Å². The number of para-hydroxylation sites is 2. The maximum Gasteiger partial charge on any atom is 0.573 e. The number of hydrogen-bond acceptors (Lipinski definition) is 9. The summed E-state index contributed by atoms with van der Waals surface area (Å²) in [4.78, 5) is 44.4. The van der Waals surface area contributed by atoms with E-state index in [4.69, 9.17) is 10.8 Å². The molecule has 328 valence electrons. The van der Waals surface area contributed by atoms with Crippen LogP contribution < -0.4 is 31.2 Å². The van der Waals surface area contributed by atoms with E-state index < -0.39 is 30.5 Å². The summed E-state index contributed by atoms with van der Waals surface area (Å²) in [5.74, 6) is -2.82. The first-order valence-corrected chi connectivity index (χ1v) is 18.8. The highest BCUT2D eigenvalue weighted by Gasteiger charge is 2.33. The Balaban J connectivity index is 0.000000180. The maximum absolute atomic E-state index is 12.6. The normalized spacial score (nSPS) is 15.8. The molecule has 63 heavy (non-hydrogen) atoms. The van der Waals surface area contributed by atoms with Crippen LogP contribution >= 0.6 is 0 Å². The molecular weight excluding hydrogens is 842 g/mol. The zero-order chi connectivity index (χ0) is 45.3. The quantitative estimate of drug-likeness (QED) is 0.0968. The molecule has 0 saturated carbocycles. The van der Waals surface area contributed by atoms with E-state index in [9.17, 15) is 45.5 Å². The second-order valence-corrected chi connectivity index (χ2v) is 13.8. The molecule has 0 aliphatic carbocycles. The highest BCUT2D eigenvalue weighted by Crippen LogP contribution is 2.32. The molecular formula is C42H36F6N8O7. The number of hydrogen-bond donors (Lipinski definition) is 5. The summed E-state index contributed by atoms with van der Waals surface area (Å²) >= 11 is 0. The Kier molecular flexibility index (Phi) is 13.7. The standard InChI is InChI=1S/C21H17F3N4O3.C16H12F3N3O.C5H7NO3/c22-21(23,24)31-16-8-4-5-13(9-16)17-11-18(26-20(30)14-10-19(29)25-12-14)27-28(17)15-6-2-1-3-7-15;17-16(18,19)23-13-8-4-5-11(9-13)14-10-15(20)21-22(14)12-6-2-1-3-7-12;7-4-1-3(2-6-4)5(8)9/h1-9,11,14H,10,12H2,(H,25,29)(H,26,27,30);1-10H,(H2,20,21);3H,1-2H2,(H,6,7)(H,8,9)/t14-;;3-/m1.1/s1. The van der Waals surface area contributed by atoms with E-state index in [1.54, 1.807) is 53.2 Å². The molecule has 0 unspecified atom stereocenters. The van der Waals surface area contributed by atoms with Gasteiger partial charge in [-0.25, -0.2) is 9.36 Å².